The average Bonchev–Trinajstić information content (AvgIpc) is 2.56. The SMILES string of the molecule is Cc1ccc2cc(C)c(Nc3cccc4ccccc34)nc2c1. The van der Waals surface area contributed by atoms with Crippen LogP contribution in [0.5, 0.6) is 0 Å². The van der Waals surface area contributed by atoms with E-state index in [2.05, 4.69) is 85.9 Å². The van der Waals surface area contributed by atoms with Crippen molar-refractivity contribution in [3.05, 3.63) is 77.9 Å². The van der Waals surface area contributed by atoms with Gasteiger partial charge < -0.3 is 5.32 Å². The zero-order valence-corrected chi connectivity index (χ0v) is 13.3. The quantitative estimate of drug-likeness (QED) is 0.510. The fourth-order valence-corrected chi connectivity index (χ4v) is 2.97. The van der Waals surface area contributed by atoms with E-state index in [0.717, 1.165) is 22.6 Å². The largest absolute Gasteiger partial charge is 0.339 e. The minimum absolute atomic E-state index is 0.916. The van der Waals surface area contributed by atoms with Crippen molar-refractivity contribution < 1.29 is 0 Å². The predicted octanol–water partition coefficient (Wildman–Crippen LogP) is 5.75. The van der Waals surface area contributed by atoms with Crippen LogP contribution in [-0.2, 0) is 0 Å². The molecule has 1 heterocycles. The van der Waals surface area contributed by atoms with Crippen LogP contribution in [0.4, 0.5) is 11.5 Å². The van der Waals surface area contributed by atoms with Crippen molar-refractivity contribution in [1.82, 2.24) is 4.98 Å². The second-order valence-corrected chi connectivity index (χ2v) is 6.00. The van der Waals surface area contributed by atoms with Crippen LogP contribution in [0, 0.1) is 13.8 Å². The number of aryl methyl sites for hydroxylation is 2. The van der Waals surface area contributed by atoms with Gasteiger partial charge in [0.25, 0.3) is 0 Å². The number of benzene rings is 3. The first-order chi connectivity index (χ1) is 11.2. The molecule has 4 rings (SSSR count). The van der Waals surface area contributed by atoms with Crippen molar-refractivity contribution in [3.63, 3.8) is 0 Å². The number of hydrogen-bond donors (Lipinski definition) is 1. The smallest absolute Gasteiger partial charge is 0.134 e. The highest BCUT2D eigenvalue weighted by atomic mass is 15.0. The lowest BCUT2D eigenvalue weighted by Crippen LogP contribution is -1.98. The summed E-state index contributed by atoms with van der Waals surface area (Å²) in [6.45, 7) is 4.19. The molecule has 0 fully saturated rings. The molecule has 0 unspecified atom stereocenters. The predicted molar refractivity (Wildman–Crippen MR) is 98.4 cm³/mol. The first kappa shape index (κ1) is 13.8. The van der Waals surface area contributed by atoms with E-state index in [1.807, 2.05) is 0 Å². The highest BCUT2D eigenvalue weighted by molar-refractivity contribution is 5.95. The molecule has 1 aromatic heterocycles. The summed E-state index contributed by atoms with van der Waals surface area (Å²) in [6, 6.07) is 23.3. The van der Waals surface area contributed by atoms with E-state index in [1.54, 1.807) is 0 Å². The van der Waals surface area contributed by atoms with Gasteiger partial charge in [-0.25, -0.2) is 4.98 Å². The molecule has 2 heteroatoms. The van der Waals surface area contributed by atoms with Gasteiger partial charge in [0.15, 0.2) is 0 Å². The van der Waals surface area contributed by atoms with Gasteiger partial charge in [0.2, 0.25) is 0 Å². The molecule has 4 aromatic rings. The van der Waals surface area contributed by atoms with E-state index in [9.17, 15) is 0 Å². The van der Waals surface area contributed by atoms with E-state index in [0.29, 0.717) is 0 Å². The van der Waals surface area contributed by atoms with Crippen LogP contribution in [0.1, 0.15) is 11.1 Å². The summed E-state index contributed by atoms with van der Waals surface area (Å²) < 4.78 is 0. The number of nitrogens with zero attached hydrogens (tertiary/aromatic N) is 1. The molecule has 0 amide bonds. The maximum atomic E-state index is 4.83. The minimum atomic E-state index is 0.916. The van der Waals surface area contributed by atoms with Crippen LogP contribution in [0.2, 0.25) is 0 Å². The van der Waals surface area contributed by atoms with Crippen molar-refractivity contribution >= 4 is 33.2 Å². The van der Waals surface area contributed by atoms with Crippen LogP contribution in [-0.4, -0.2) is 4.98 Å². The van der Waals surface area contributed by atoms with Crippen LogP contribution in [0.15, 0.2) is 66.7 Å². The van der Waals surface area contributed by atoms with E-state index in [4.69, 9.17) is 4.98 Å². The molecule has 1 N–H and O–H groups in total. The van der Waals surface area contributed by atoms with Crippen molar-refractivity contribution in [2.24, 2.45) is 0 Å². The van der Waals surface area contributed by atoms with Crippen molar-refractivity contribution in [1.29, 1.82) is 0 Å². The maximum Gasteiger partial charge on any atom is 0.134 e. The normalized spacial score (nSPS) is 11.0. The number of pyridine rings is 1. The second kappa shape index (κ2) is 5.40. The molecule has 0 aliphatic carbocycles. The lowest BCUT2D eigenvalue weighted by molar-refractivity contribution is 1.31. The molecule has 0 aliphatic rings. The molecule has 0 aliphatic heterocycles. The fraction of sp³-hybridized carbons (Fsp3) is 0.0952. The Kier molecular flexibility index (Phi) is 3.23. The average molecular weight is 298 g/mol. The number of aromatic nitrogens is 1. The summed E-state index contributed by atoms with van der Waals surface area (Å²) in [4.78, 5) is 4.83. The highest BCUT2D eigenvalue weighted by Crippen LogP contribution is 2.28. The molecular weight excluding hydrogens is 280 g/mol. The Hall–Kier alpha value is -2.87. The van der Waals surface area contributed by atoms with Gasteiger partial charge in [0.05, 0.1) is 5.52 Å². The first-order valence-corrected chi connectivity index (χ1v) is 7.83. The molecule has 0 atom stereocenters. The number of nitrogens with one attached hydrogen (secondary N) is 1. The summed E-state index contributed by atoms with van der Waals surface area (Å²) in [5.41, 5.74) is 4.49. The fourth-order valence-electron chi connectivity index (χ4n) is 2.97. The van der Waals surface area contributed by atoms with Crippen molar-refractivity contribution in [2.75, 3.05) is 5.32 Å². The molecule has 3 aromatic carbocycles. The van der Waals surface area contributed by atoms with Crippen LogP contribution in [0.3, 0.4) is 0 Å². The number of hydrogen-bond acceptors (Lipinski definition) is 2. The van der Waals surface area contributed by atoms with E-state index >= 15 is 0 Å². The Morgan fingerprint density at radius 2 is 1.61 bits per heavy atom. The molecule has 0 spiro atoms. The third-order valence-corrected chi connectivity index (χ3v) is 4.21. The van der Waals surface area contributed by atoms with Crippen molar-refractivity contribution in [3.8, 4) is 0 Å². The van der Waals surface area contributed by atoms with Gasteiger partial charge in [0, 0.05) is 16.5 Å². The lowest BCUT2D eigenvalue weighted by atomic mass is 10.1. The summed E-state index contributed by atoms with van der Waals surface area (Å²) in [5.74, 6) is 0.916. The topological polar surface area (TPSA) is 24.9 Å². The lowest BCUT2D eigenvalue weighted by Gasteiger charge is -2.12. The third-order valence-electron chi connectivity index (χ3n) is 4.21. The Morgan fingerprint density at radius 3 is 2.52 bits per heavy atom. The van der Waals surface area contributed by atoms with Crippen LogP contribution < -0.4 is 5.32 Å². The van der Waals surface area contributed by atoms with Crippen LogP contribution >= 0.6 is 0 Å². The van der Waals surface area contributed by atoms with Gasteiger partial charge in [-0.2, -0.15) is 0 Å². The molecular formula is C21H18N2. The van der Waals surface area contributed by atoms with Crippen LogP contribution in [0.25, 0.3) is 21.7 Å². The molecule has 0 bridgehead atoms. The molecule has 23 heavy (non-hydrogen) atoms. The van der Waals surface area contributed by atoms with Gasteiger partial charge >= 0.3 is 0 Å². The number of anilines is 2. The summed E-state index contributed by atoms with van der Waals surface area (Å²) in [5, 5.41) is 7.13. The van der Waals surface area contributed by atoms with E-state index in [-0.39, 0.29) is 0 Å². The van der Waals surface area contributed by atoms with Crippen molar-refractivity contribution in [2.45, 2.75) is 13.8 Å². The number of fused-ring (bicyclic) bond motifs is 2. The highest BCUT2D eigenvalue weighted by Gasteiger charge is 2.06. The molecule has 0 radical (unpaired) electrons. The summed E-state index contributed by atoms with van der Waals surface area (Å²) >= 11 is 0. The van der Waals surface area contributed by atoms with Gasteiger partial charge in [0.1, 0.15) is 5.82 Å². The monoisotopic (exact) mass is 298 g/mol. The Morgan fingerprint density at radius 1 is 0.783 bits per heavy atom. The summed E-state index contributed by atoms with van der Waals surface area (Å²) in [7, 11) is 0. The molecule has 0 saturated carbocycles. The maximum absolute atomic E-state index is 4.83. The van der Waals surface area contributed by atoms with Gasteiger partial charge in [-0.3, -0.25) is 0 Å². The molecule has 2 nitrogen and oxygen atoms in total. The Labute approximate surface area is 135 Å². The van der Waals surface area contributed by atoms with E-state index < -0.39 is 0 Å². The minimum Gasteiger partial charge on any atom is -0.339 e. The Bertz CT molecular complexity index is 1010. The third kappa shape index (κ3) is 2.53. The summed E-state index contributed by atoms with van der Waals surface area (Å²) in [6.07, 6.45) is 0. The van der Waals surface area contributed by atoms with Gasteiger partial charge in [-0.1, -0.05) is 48.5 Å². The first-order valence-electron chi connectivity index (χ1n) is 7.83. The molecule has 112 valence electrons. The zero-order chi connectivity index (χ0) is 15.8. The zero-order valence-electron chi connectivity index (χ0n) is 13.3. The number of rotatable bonds is 2. The van der Waals surface area contributed by atoms with Gasteiger partial charge in [-0.15, -0.1) is 0 Å². The van der Waals surface area contributed by atoms with Gasteiger partial charge in [-0.05, 0) is 48.6 Å². The second-order valence-electron chi connectivity index (χ2n) is 6.00. The molecule has 0 saturated heterocycles. The standard InChI is InChI=1S/C21H18N2/c1-14-10-11-17-13-15(2)21(23-20(17)12-14)22-19-9-5-7-16-6-3-4-8-18(16)19/h3-13H,1-2H3,(H,22,23). The Balaban J connectivity index is 1.84. The van der Waals surface area contributed by atoms with E-state index in [1.165, 1.54) is 21.7 Å².